The van der Waals surface area contributed by atoms with Gasteiger partial charge in [0.25, 0.3) is 0 Å². The van der Waals surface area contributed by atoms with Crippen LogP contribution in [-0.2, 0) is 9.53 Å². The van der Waals surface area contributed by atoms with Gasteiger partial charge in [-0.1, -0.05) is 6.92 Å². The summed E-state index contributed by atoms with van der Waals surface area (Å²) in [6.07, 6.45) is -2.68. The molecule has 0 aliphatic carbocycles. The average molecular weight is 308 g/mol. The Hall–Kier alpha value is -0.820. The predicted molar refractivity (Wildman–Crippen MR) is 71.8 cm³/mol. The summed E-state index contributed by atoms with van der Waals surface area (Å²) in [7, 11) is 0. The molecular weight excluding hydrogens is 285 g/mol. The van der Waals surface area contributed by atoms with E-state index in [2.05, 4.69) is 4.90 Å². The molecule has 2 aliphatic heterocycles. The van der Waals surface area contributed by atoms with Crippen LogP contribution in [-0.4, -0.2) is 66.8 Å². The van der Waals surface area contributed by atoms with Crippen molar-refractivity contribution in [1.82, 2.24) is 9.80 Å². The van der Waals surface area contributed by atoms with Gasteiger partial charge < -0.3 is 4.74 Å². The van der Waals surface area contributed by atoms with Crippen molar-refractivity contribution in [2.75, 3.05) is 32.7 Å². The van der Waals surface area contributed by atoms with E-state index in [0.29, 0.717) is 26.1 Å². The highest BCUT2D eigenvalue weighted by Crippen LogP contribution is 2.27. The summed E-state index contributed by atoms with van der Waals surface area (Å²) >= 11 is 0. The first-order chi connectivity index (χ1) is 9.78. The molecule has 0 aromatic rings. The summed E-state index contributed by atoms with van der Waals surface area (Å²) in [6.45, 7) is 5.02. The fourth-order valence-electron chi connectivity index (χ4n) is 3.25. The Morgan fingerprint density at radius 3 is 2.67 bits per heavy atom. The van der Waals surface area contributed by atoms with Gasteiger partial charge in [-0.2, -0.15) is 13.2 Å². The number of likely N-dealkylation sites (tertiary alicyclic amines) is 1. The second-order valence-corrected chi connectivity index (χ2v) is 6.09. The van der Waals surface area contributed by atoms with Crippen molar-refractivity contribution in [2.24, 2.45) is 5.92 Å². The highest BCUT2D eigenvalue weighted by molar-refractivity contribution is 5.78. The van der Waals surface area contributed by atoms with Crippen molar-refractivity contribution in [3.63, 3.8) is 0 Å². The normalized spacial score (nSPS) is 31.1. The van der Waals surface area contributed by atoms with Gasteiger partial charge in [-0.05, 0) is 32.4 Å². The average Bonchev–Trinajstić information content (AvgIpc) is 2.93. The molecule has 2 aliphatic rings. The maximum Gasteiger partial charge on any atom is 0.401 e. The molecule has 0 aromatic heterocycles. The third-order valence-electron chi connectivity index (χ3n) is 4.27. The summed E-state index contributed by atoms with van der Waals surface area (Å²) in [6, 6.07) is -0.206. The number of esters is 1. The number of carbonyl (C=O) groups excluding carboxylic acids is 1. The van der Waals surface area contributed by atoms with E-state index >= 15 is 0 Å². The molecule has 0 spiro atoms. The number of rotatable bonds is 5. The first-order valence-corrected chi connectivity index (χ1v) is 7.52. The van der Waals surface area contributed by atoms with Crippen molar-refractivity contribution >= 4 is 5.97 Å². The second kappa shape index (κ2) is 6.52. The number of cyclic esters (lactones) is 1. The molecule has 4 nitrogen and oxygen atoms in total. The molecule has 0 N–H and O–H groups in total. The minimum Gasteiger partial charge on any atom is -0.461 e. The Balaban J connectivity index is 1.83. The van der Waals surface area contributed by atoms with E-state index in [0.717, 1.165) is 13.0 Å². The van der Waals surface area contributed by atoms with Crippen LogP contribution in [0.4, 0.5) is 13.2 Å². The standard InChI is InChI=1S/C14H23F3N2O2/c1-3-18(9-14(15,16)17)7-11-4-5-19(8-11)12-6-10(2)21-13(12)20/h10-12H,3-9H2,1-2H3. The lowest BCUT2D eigenvalue weighted by atomic mass is 10.1. The van der Waals surface area contributed by atoms with E-state index < -0.39 is 12.7 Å². The molecule has 0 radical (unpaired) electrons. The molecular formula is C14H23F3N2O2. The van der Waals surface area contributed by atoms with Crippen molar-refractivity contribution in [3.05, 3.63) is 0 Å². The molecule has 0 bridgehead atoms. The van der Waals surface area contributed by atoms with Gasteiger partial charge in [-0.25, -0.2) is 0 Å². The van der Waals surface area contributed by atoms with Crippen LogP contribution in [0.2, 0.25) is 0 Å². The van der Waals surface area contributed by atoms with Crippen molar-refractivity contribution in [3.8, 4) is 0 Å². The number of carbonyl (C=O) groups is 1. The molecule has 0 aromatic carbocycles. The topological polar surface area (TPSA) is 32.8 Å². The van der Waals surface area contributed by atoms with E-state index in [1.807, 2.05) is 6.92 Å². The van der Waals surface area contributed by atoms with E-state index in [4.69, 9.17) is 4.74 Å². The third kappa shape index (κ3) is 4.57. The van der Waals surface area contributed by atoms with E-state index in [1.54, 1.807) is 6.92 Å². The number of hydrogen-bond donors (Lipinski definition) is 0. The van der Waals surface area contributed by atoms with Crippen LogP contribution in [0.5, 0.6) is 0 Å². The fourth-order valence-corrected chi connectivity index (χ4v) is 3.25. The van der Waals surface area contributed by atoms with Crippen molar-refractivity contribution in [2.45, 2.75) is 45.0 Å². The Morgan fingerprint density at radius 1 is 1.43 bits per heavy atom. The van der Waals surface area contributed by atoms with Gasteiger partial charge in [-0.3, -0.25) is 14.6 Å². The zero-order valence-electron chi connectivity index (χ0n) is 12.5. The first kappa shape index (κ1) is 16.5. The summed E-state index contributed by atoms with van der Waals surface area (Å²) in [5, 5.41) is 0. The molecule has 122 valence electrons. The smallest absolute Gasteiger partial charge is 0.401 e. The van der Waals surface area contributed by atoms with Crippen molar-refractivity contribution in [1.29, 1.82) is 0 Å². The summed E-state index contributed by atoms with van der Waals surface area (Å²) in [5.41, 5.74) is 0. The lowest BCUT2D eigenvalue weighted by molar-refractivity contribution is -0.146. The van der Waals surface area contributed by atoms with E-state index in [1.165, 1.54) is 4.90 Å². The number of halogens is 3. The molecule has 2 rings (SSSR count). The summed E-state index contributed by atoms with van der Waals surface area (Å²) in [5.74, 6) is 0.00166. The van der Waals surface area contributed by atoms with Gasteiger partial charge in [-0.15, -0.1) is 0 Å². The van der Waals surface area contributed by atoms with Crippen molar-refractivity contribution < 1.29 is 22.7 Å². The van der Waals surface area contributed by atoms with Crippen LogP contribution in [0.15, 0.2) is 0 Å². The monoisotopic (exact) mass is 308 g/mol. The second-order valence-electron chi connectivity index (χ2n) is 6.09. The van der Waals surface area contributed by atoms with Gasteiger partial charge in [0.05, 0.1) is 6.54 Å². The zero-order valence-corrected chi connectivity index (χ0v) is 12.5. The Bertz CT molecular complexity index is 376. The van der Waals surface area contributed by atoms with Gasteiger partial charge >= 0.3 is 12.1 Å². The molecule has 0 saturated carbocycles. The molecule has 3 unspecified atom stereocenters. The van der Waals surface area contributed by atoms with Gasteiger partial charge in [0.15, 0.2) is 0 Å². The molecule has 2 fully saturated rings. The molecule has 2 saturated heterocycles. The lowest BCUT2D eigenvalue weighted by Gasteiger charge is -2.26. The largest absolute Gasteiger partial charge is 0.461 e. The highest BCUT2D eigenvalue weighted by atomic mass is 19.4. The quantitative estimate of drug-likeness (QED) is 0.726. The SMILES string of the molecule is CCN(CC1CCN(C2CC(C)OC2=O)C1)CC(F)(F)F. The third-order valence-corrected chi connectivity index (χ3v) is 4.27. The van der Waals surface area contributed by atoms with Crippen LogP contribution in [0.25, 0.3) is 0 Å². The number of alkyl halides is 3. The molecule has 21 heavy (non-hydrogen) atoms. The summed E-state index contributed by atoms with van der Waals surface area (Å²) in [4.78, 5) is 15.2. The maximum atomic E-state index is 12.5. The van der Waals surface area contributed by atoms with Crippen LogP contribution < -0.4 is 0 Å². The summed E-state index contributed by atoms with van der Waals surface area (Å²) < 4.78 is 42.6. The number of hydrogen-bond acceptors (Lipinski definition) is 4. The Kier molecular flexibility index (Phi) is 5.14. The minimum atomic E-state index is -4.15. The Labute approximate surface area is 123 Å². The van der Waals surface area contributed by atoms with Crippen LogP contribution >= 0.6 is 0 Å². The van der Waals surface area contributed by atoms with E-state index in [-0.39, 0.29) is 24.0 Å². The number of ether oxygens (including phenoxy) is 1. The molecule has 0 amide bonds. The molecule has 3 atom stereocenters. The minimum absolute atomic E-state index is 0.0566. The van der Waals surface area contributed by atoms with Crippen LogP contribution in [0.3, 0.4) is 0 Å². The maximum absolute atomic E-state index is 12.5. The number of nitrogens with zero attached hydrogens (tertiary/aromatic N) is 2. The highest BCUT2D eigenvalue weighted by Gasteiger charge is 2.40. The lowest BCUT2D eigenvalue weighted by Crippen LogP contribution is -2.40. The zero-order chi connectivity index (χ0) is 15.6. The first-order valence-electron chi connectivity index (χ1n) is 7.52. The van der Waals surface area contributed by atoms with Gasteiger partial charge in [0.2, 0.25) is 0 Å². The fraction of sp³-hybridized carbons (Fsp3) is 0.929. The molecule has 2 heterocycles. The van der Waals surface area contributed by atoms with Crippen LogP contribution in [0, 0.1) is 5.92 Å². The molecule has 7 heteroatoms. The predicted octanol–water partition coefficient (Wildman–Crippen LogP) is 1.90. The van der Waals surface area contributed by atoms with Gasteiger partial charge in [0, 0.05) is 19.5 Å². The van der Waals surface area contributed by atoms with Gasteiger partial charge in [0.1, 0.15) is 12.1 Å². The Morgan fingerprint density at radius 2 is 2.14 bits per heavy atom. The van der Waals surface area contributed by atoms with Crippen LogP contribution in [0.1, 0.15) is 26.7 Å². The van der Waals surface area contributed by atoms with E-state index in [9.17, 15) is 18.0 Å².